The number of rotatable bonds is 4. The van der Waals surface area contributed by atoms with Crippen molar-refractivity contribution >= 4 is 5.97 Å². The van der Waals surface area contributed by atoms with Gasteiger partial charge >= 0.3 is 5.97 Å². The first-order valence-corrected chi connectivity index (χ1v) is 3.84. The van der Waals surface area contributed by atoms with E-state index in [-0.39, 0.29) is 13.2 Å². The molecule has 0 saturated heterocycles. The molecule has 1 rings (SSSR count). The first-order chi connectivity index (χ1) is 6.33. The van der Waals surface area contributed by atoms with Gasteiger partial charge in [-0.05, 0) is 5.56 Å². The van der Waals surface area contributed by atoms with Crippen LogP contribution in [-0.2, 0) is 21.0 Å². The van der Waals surface area contributed by atoms with E-state index in [9.17, 15) is 4.79 Å². The van der Waals surface area contributed by atoms with Gasteiger partial charge in [-0.2, -0.15) is 0 Å². The Kier molecular flexibility index (Phi) is 3.95. The van der Waals surface area contributed by atoms with Crippen LogP contribution in [0.15, 0.2) is 30.3 Å². The highest BCUT2D eigenvalue weighted by molar-refractivity contribution is 5.70. The molecule has 0 fully saturated rings. The van der Waals surface area contributed by atoms with Crippen LogP contribution in [0.25, 0.3) is 0 Å². The second kappa shape index (κ2) is 5.29. The summed E-state index contributed by atoms with van der Waals surface area (Å²) in [5.41, 5.74) is 0.938. The lowest BCUT2D eigenvalue weighted by Gasteiger charge is -2.02. The summed E-state index contributed by atoms with van der Waals surface area (Å²) in [6.07, 6.45) is 0. The molecule has 0 aromatic heterocycles. The van der Waals surface area contributed by atoms with Crippen molar-refractivity contribution in [3.8, 4) is 0 Å². The number of hydrogen-bond donors (Lipinski definition) is 1. The van der Waals surface area contributed by atoms with Gasteiger partial charge in [-0.15, -0.1) is 0 Å². The van der Waals surface area contributed by atoms with Crippen molar-refractivity contribution in [2.45, 2.75) is 6.61 Å². The van der Waals surface area contributed by atoms with Gasteiger partial charge in [0.2, 0.25) is 0 Å². The van der Waals surface area contributed by atoms with Gasteiger partial charge in [0.15, 0.2) is 6.61 Å². The number of benzene rings is 1. The molecular weight excluding hydrogens is 170 g/mol. The Morgan fingerprint density at radius 1 is 1.31 bits per heavy atom. The van der Waals surface area contributed by atoms with Crippen LogP contribution in [0.3, 0.4) is 0 Å². The van der Waals surface area contributed by atoms with Crippen molar-refractivity contribution < 1.29 is 14.4 Å². The molecule has 4 heteroatoms. The van der Waals surface area contributed by atoms with E-state index in [4.69, 9.17) is 10.6 Å². The fourth-order valence-electron chi connectivity index (χ4n) is 0.848. The van der Waals surface area contributed by atoms with E-state index < -0.39 is 5.97 Å². The molecule has 0 atom stereocenters. The summed E-state index contributed by atoms with van der Waals surface area (Å²) in [6, 6.07) is 9.40. The SMILES string of the molecule is NOCC(=O)OCc1ccccc1. The van der Waals surface area contributed by atoms with E-state index in [1.807, 2.05) is 30.3 Å². The van der Waals surface area contributed by atoms with E-state index in [1.54, 1.807) is 0 Å². The maximum atomic E-state index is 10.8. The Bertz CT molecular complexity index is 261. The lowest BCUT2D eigenvalue weighted by atomic mass is 10.2. The fourth-order valence-corrected chi connectivity index (χ4v) is 0.848. The summed E-state index contributed by atoms with van der Waals surface area (Å²) in [5, 5.41) is 0. The van der Waals surface area contributed by atoms with Crippen LogP contribution in [0.5, 0.6) is 0 Å². The minimum Gasteiger partial charge on any atom is -0.459 e. The third-order valence-electron chi connectivity index (χ3n) is 1.44. The van der Waals surface area contributed by atoms with Gasteiger partial charge < -0.3 is 4.74 Å². The Hall–Kier alpha value is -1.39. The topological polar surface area (TPSA) is 61.5 Å². The highest BCUT2D eigenvalue weighted by Gasteiger charge is 2.01. The minimum absolute atomic E-state index is 0.215. The molecular formula is C9H11NO3. The summed E-state index contributed by atoms with van der Waals surface area (Å²) in [7, 11) is 0. The van der Waals surface area contributed by atoms with E-state index >= 15 is 0 Å². The average molecular weight is 181 g/mol. The number of carbonyl (C=O) groups is 1. The van der Waals surface area contributed by atoms with Crippen LogP contribution in [0.2, 0.25) is 0 Å². The Labute approximate surface area is 76.2 Å². The molecule has 0 saturated carbocycles. The van der Waals surface area contributed by atoms with Gasteiger partial charge in [-0.1, -0.05) is 30.3 Å². The molecule has 0 radical (unpaired) electrons. The lowest BCUT2D eigenvalue weighted by molar-refractivity contribution is -0.150. The molecule has 0 aliphatic rings. The zero-order chi connectivity index (χ0) is 9.52. The van der Waals surface area contributed by atoms with Gasteiger partial charge in [0, 0.05) is 0 Å². The highest BCUT2D eigenvalue weighted by atomic mass is 16.6. The van der Waals surface area contributed by atoms with Crippen molar-refractivity contribution in [1.82, 2.24) is 0 Å². The molecule has 1 aromatic carbocycles. The third-order valence-corrected chi connectivity index (χ3v) is 1.44. The second-order valence-corrected chi connectivity index (χ2v) is 2.46. The molecule has 2 N–H and O–H groups in total. The van der Waals surface area contributed by atoms with E-state index in [2.05, 4.69) is 4.84 Å². The summed E-state index contributed by atoms with van der Waals surface area (Å²) in [4.78, 5) is 14.9. The average Bonchev–Trinajstić information content (AvgIpc) is 2.17. The Morgan fingerprint density at radius 2 is 2.00 bits per heavy atom. The molecule has 0 heterocycles. The maximum Gasteiger partial charge on any atom is 0.334 e. The maximum absolute atomic E-state index is 10.8. The minimum atomic E-state index is -0.466. The molecule has 0 bridgehead atoms. The van der Waals surface area contributed by atoms with Crippen molar-refractivity contribution in [1.29, 1.82) is 0 Å². The summed E-state index contributed by atoms with van der Waals surface area (Å²) in [6.45, 7) is 0.0376. The second-order valence-electron chi connectivity index (χ2n) is 2.46. The third kappa shape index (κ3) is 3.68. The number of esters is 1. The Balaban J connectivity index is 2.31. The normalized spacial score (nSPS) is 9.62. The summed E-state index contributed by atoms with van der Waals surface area (Å²) in [5.74, 6) is 4.23. The zero-order valence-electron chi connectivity index (χ0n) is 7.10. The largest absolute Gasteiger partial charge is 0.459 e. The van der Waals surface area contributed by atoms with Crippen molar-refractivity contribution in [2.75, 3.05) is 6.61 Å². The van der Waals surface area contributed by atoms with Crippen molar-refractivity contribution in [3.63, 3.8) is 0 Å². The van der Waals surface area contributed by atoms with Gasteiger partial charge in [-0.3, -0.25) is 4.84 Å². The first-order valence-electron chi connectivity index (χ1n) is 3.84. The van der Waals surface area contributed by atoms with Crippen LogP contribution in [0.1, 0.15) is 5.56 Å². The lowest BCUT2D eigenvalue weighted by Crippen LogP contribution is -2.15. The Morgan fingerprint density at radius 3 is 2.62 bits per heavy atom. The summed E-state index contributed by atoms with van der Waals surface area (Å²) < 4.78 is 4.82. The predicted octanol–water partition coefficient (Wildman–Crippen LogP) is 0.620. The van der Waals surface area contributed by atoms with Gasteiger partial charge in [0.25, 0.3) is 0 Å². The molecule has 4 nitrogen and oxygen atoms in total. The standard InChI is InChI=1S/C9H11NO3/c10-13-7-9(11)12-6-8-4-2-1-3-5-8/h1-5H,6-7,10H2. The molecule has 0 unspecified atom stereocenters. The van der Waals surface area contributed by atoms with Gasteiger partial charge in [0.05, 0.1) is 0 Å². The number of carbonyl (C=O) groups excluding carboxylic acids is 1. The van der Waals surface area contributed by atoms with E-state index in [0.29, 0.717) is 0 Å². The number of nitrogens with two attached hydrogens (primary N) is 1. The molecule has 0 amide bonds. The predicted molar refractivity (Wildman–Crippen MR) is 46.4 cm³/mol. The zero-order valence-corrected chi connectivity index (χ0v) is 7.10. The smallest absolute Gasteiger partial charge is 0.334 e. The monoisotopic (exact) mass is 181 g/mol. The van der Waals surface area contributed by atoms with Crippen molar-refractivity contribution in [3.05, 3.63) is 35.9 Å². The first kappa shape index (κ1) is 9.70. The van der Waals surface area contributed by atoms with Gasteiger partial charge in [-0.25, -0.2) is 10.7 Å². The van der Waals surface area contributed by atoms with E-state index in [1.165, 1.54) is 0 Å². The highest BCUT2D eigenvalue weighted by Crippen LogP contribution is 2.00. The molecule has 0 spiro atoms. The fraction of sp³-hybridized carbons (Fsp3) is 0.222. The van der Waals surface area contributed by atoms with Crippen LogP contribution < -0.4 is 5.90 Å². The molecule has 0 aliphatic carbocycles. The summed E-state index contributed by atoms with van der Waals surface area (Å²) >= 11 is 0. The van der Waals surface area contributed by atoms with Crippen molar-refractivity contribution in [2.24, 2.45) is 5.90 Å². The van der Waals surface area contributed by atoms with Crippen LogP contribution in [-0.4, -0.2) is 12.6 Å². The van der Waals surface area contributed by atoms with Gasteiger partial charge in [0.1, 0.15) is 6.61 Å². The number of ether oxygens (including phenoxy) is 1. The van der Waals surface area contributed by atoms with E-state index in [0.717, 1.165) is 5.56 Å². The molecule has 0 aliphatic heterocycles. The van der Waals surface area contributed by atoms with Crippen LogP contribution in [0.4, 0.5) is 0 Å². The number of hydrogen-bond acceptors (Lipinski definition) is 4. The van der Waals surface area contributed by atoms with Crippen LogP contribution >= 0.6 is 0 Å². The quantitative estimate of drug-likeness (QED) is 0.546. The van der Waals surface area contributed by atoms with Crippen LogP contribution in [0, 0.1) is 0 Å². The molecule has 70 valence electrons. The molecule has 1 aromatic rings. The molecule has 13 heavy (non-hydrogen) atoms.